The zero-order valence-corrected chi connectivity index (χ0v) is 18.7. The molecular formula is C13H16BCl3N2O11S. The van der Waals surface area contributed by atoms with Gasteiger partial charge in [0.15, 0.2) is 5.56 Å². The SMILES string of the molecule is CN1CC(=O)OB(C(/C=C/CC(=O)O)N(OC(Cl)C(Cl)Cl)C(=O)S(=O)(=O)O)OC(=O)C1. The summed E-state index contributed by atoms with van der Waals surface area (Å²) in [5.74, 6) is -5.15. The average Bonchev–Trinajstić information content (AvgIpc) is 2.59. The molecule has 2 unspecified atom stereocenters. The Balaban J connectivity index is 3.45. The molecule has 1 rings (SSSR count). The average molecular weight is 526 g/mol. The van der Waals surface area contributed by atoms with E-state index in [0.29, 0.717) is 0 Å². The van der Waals surface area contributed by atoms with Crippen molar-refractivity contribution in [2.45, 2.75) is 22.8 Å². The molecule has 1 saturated heterocycles. The van der Waals surface area contributed by atoms with E-state index < -0.39 is 63.1 Å². The van der Waals surface area contributed by atoms with Crippen molar-refractivity contribution in [3.05, 3.63) is 12.2 Å². The third-order valence-electron chi connectivity index (χ3n) is 3.28. The molecule has 1 heterocycles. The molecule has 0 radical (unpaired) electrons. The van der Waals surface area contributed by atoms with Gasteiger partial charge in [-0.15, -0.1) is 23.2 Å². The molecule has 18 heteroatoms. The Kier molecular flexibility index (Phi) is 10.5. The molecule has 0 aliphatic carbocycles. The van der Waals surface area contributed by atoms with Crippen molar-refractivity contribution in [1.29, 1.82) is 0 Å². The first-order valence-corrected chi connectivity index (χ1v) is 10.8. The van der Waals surface area contributed by atoms with Crippen LogP contribution in [-0.2, 0) is 38.6 Å². The number of hydrogen-bond donors (Lipinski definition) is 2. The van der Waals surface area contributed by atoms with Crippen LogP contribution < -0.4 is 0 Å². The van der Waals surface area contributed by atoms with Gasteiger partial charge in [0.2, 0.25) is 0 Å². The number of hydrogen-bond acceptors (Lipinski definition) is 10. The van der Waals surface area contributed by atoms with Crippen molar-refractivity contribution >= 4 is 75.2 Å². The van der Waals surface area contributed by atoms with Crippen LogP contribution in [-0.4, -0.2) is 94.8 Å². The van der Waals surface area contributed by atoms with Gasteiger partial charge in [0.25, 0.3) is 0 Å². The van der Waals surface area contributed by atoms with E-state index in [2.05, 4.69) is 0 Å². The quantitative estimate of drug-likeness (QED) is 0.143. The minimum atomic E-state index is -5.47. The number of carboxylic acid groups (broad SMARTS) is 1. The highest BCUT2D eigenvalue weighted by atomic mass is 35.5. The van der Waals surface area contributed by atoms with E-state index in [0.717, 1.165) is 12.2 Å². The van der Waals surface area contributed by atoms with Gasteiger partial charge in [0.1, 0.15) is 10.8 Å². The fourth-order valence-electron chi connectivity index (χ4n) is 2.08. The Morgan fingerprint density at radius 3 is 2.19 bits per heavy atom. The fourth-order valence-corrected chi connectivity index (χ4v) is 2.65. The Labute approximate surface area is 191 Å². The maximum absolute atomic E-state index is 12.3. The fraction of sp³-hybridized carbons (Fsp3) is 0.538. The summed E-state index contributed by atoms with van der Waals surface area (Å²) in [6, 6.07) is 0. The number of amides is 1. The number of carbonyl (C=O) groups excluding carboxylic acids is 3. The Hall–Kier alpha value is -1.62. The second-order valence-electron chi connectivity index (χ2n) is 5.89. The van der Waals surface area contributed by atoms with E-state index in [9.17, 15) is 27.6 Å². The molecule has 0 spiro atoms. The van der Waals surface area contributed by atoms with Gasteiger partial charge < -0.3 is 14.4 Å². The summed E-state index contributed by atoms with van der Waals surface area (Å²) in [6.07, 6.45) is 1.10. The summed E-state index contributed by atoms with van der Waals surface area (Å²) in [7, 11) is -6.08. The van der Waals surface area contributed by atoms with E-state index in [1.165, 1.54) is 11.9 Å². The molecule has 174 valence electrons. The van der Waals surface area contributed by atoms with Crippen molar-refractivity contribution in [1.82, 2.24) is 9.96 Å². The van der Waals surface area contributed by atoms with Crippen LogP contribution in [0.25, 0.3) is 0 Å². The summed E-state index contributed by atoms with van der Waals surface area (Å²) in [4.78, 5) is 51.7. The summed E-state index contributed by atoms with van der Waals surface area (Å²) in [6.45, 7) is -0.762. The van der Waals surface area contributed by atoms with Crippen molar-refractivity contribution in [3.8, 4) is 0 Å². The molecule has 0 aromatic carbocycles. The number of nitrogens with zero attached hydrogens (tertiary/aromatic N) is 2. The smallest absolute Gasteiger partial charge is 0.497 e. The Morgan fingerprint density at radius 1 is 1.26 bits per heavy atom. The van der Waals surface area contributed by atoms with Gasteiger partial charge in [-0.1, -0.05) is 23.8 Å². The van der Waals surface area contributed by atoms with Crippen LogP contribution >= 0.6 is 34.8 Å². The molecule has 1 amide bonds. The molecule has 13 nitrogen and oxygen atoms in total. The molecule has 1 fully saturated rings. The first-order chi connectivity index (χ1) is 14.2. The molecule has 1 aliphatic rings. The van der Waals surface area contributed by atoms with Crippen LogP contribution in [0.2, 0.25) is 0 Å². The van der Waals surface area contributed by atoms with Crippen molar-refractivity contribution in [2.24, 2.45) is 0 Å². The monoisotopic (exact) mass is 524 g/mol. The molecule has 0 saturated carbocycles. The van der Waals surface area contributed by atoms with Crippen LogP contribution in [0.4, 0.5) is 4.79 Å². The van der Waals surface area contributed by atoms with Crippen LogP contribution in [0.15, 0.2) is 12.2 Å². The first kappa shape index (κ1) is 27.4. The molecule has 1 aliphatic heterocycles. The molecule has 2 N–H and O–H groups in total. The number of aliphatic carboxylic acids is 1. The molecule has 2 atom stereocenters. The molecule has 0 aromatic rings. The molecule has 0 aromatic heterocycles. The maximum atomic E-state index is 12.3. The van der Waals surface area contributed by atoms with Crippen LogP contribution in [0.1, 0.15) is 6.42 Å². The van der Waals surface area contributed by atoms with E-state index in [-0.39, 0.29) is 18.2 Å². The zero-order chi connectivity index (χ0) is 23.9. The third-order valence-corrected chi connectivity index (χ3v) is 4.95. The number of carboxylic acids is 1. The highest BCUT2D eigenvalue weighted by Gasteiger charge is 2.48. The Morgan fingerprint density at radius 2 is 1.77 bits per heavy atom. The van der Waals surface area contributed by atoms with Gasteiger partial charge in [-0.05, 0) is 7.05 Å². The van der Waals surface area contributed by atoms with Gasteiger partial charge in [0, 0.05) is 0 Å². The zero-order valence-electron chi connectivity index (χ0n) is 15.6. The normalized spacial score (nSPS) is 18.2. The van der Waals surface area contributed by atoms with E-state index in [4.69, 9.17) is 58.6 Å². The minimum absolute atomic E-state index is 0.111. The predicted molar refractivity (Wildman–Crippen MR) is 106 cm³/mol. The first-order valence-electron chi connectivity index (χ1n) is 8.08. The number of rotatable bonds is 8. The molecule has 0 bridgehead atoms. The van der Waals surface area contributed by atoms with Gasteiger partial charge in [-0.25, -0.2) is 4.84 Å². The third kappa shape index (κ3) is 9.18. The van der Waals surface area contributed by atoms with E-state index in [1.54, 1.807) is 0 Å². The van der Waals surface area contributed by atoms with E-state index in [1.807, 2.05) is 0 Å². The molecular weight excluding hydrogens is 509 g/mol. The van der Waals surface area contributed by atoms with Crippen molar-refractivity contribution < 1.29 is 51.4 Å². The van der Waals surface area contributed by atoms with Crippen molar-refractivity contribution in [3.63, 3.8) is 0 Å². The second kappa shape index (κ2) is 11.8. The second-order valence-corrected chi connectivity index (χ2v) is 8.79. The summed E-state index contributed by atoms with van der Waals surface area (Å²) < 4.78 is 41.9. The van der Waals surface area contributed by atoms with Crippen molar-refractivity contribution in [2.75, 3.05) is 20.1 Å². The van der Waals surface area contributed by atoms with Gasteiger partial charge in [-0.3, -0.25) is 28.6 Å². The summed E-state index contributed by atoms with van der Waals surface area (Å²) in [5, 5.41) is 6.56. The lowest BCUT2D eigenvalue weighted by Gasteiger charge is -2.32. The lowest BCUT2D eigenvalue weighted by Crippen LogP contribution is -2.56. The number of alkyl halides is 3. The highest BCUT2D eigenvalue weighted by molar-refractivity contribution is 8.01. The van der Waals surface area contributed by atoms with Gasteiger partial charge >= 0.3 is 40.4 Å². The van der Waals surface area contributed by atoms with Crippen LogP contribution in [0.5, 0.6) is 0 Å². The maximum Gasteiger partial charge on any atom is 0.629 e. The predicted octanol–water partition coefficient (Wildman–Crippen LogP) is 0.0551. The van der Waals surface area contributed by atoms with Gasteiger partial charge in [-0.2, -0.15) is 13.5 Å². The molecule has 31 heavy (non-hydrogen) atoms. The highest BCUT2D eigenvalue weighted by Crippen LogP contribution is 2.22. The topological polar surface area (TPSA) is 177 Å². The minimum Gasteiger partial charge on any atom is -0.497 e. The van der Waals surface area contributed by atoms with E-state index >= 15 is 0 Å². The van der Waals surface area contributed by atoms with Crippen LogP contribution in [0, 0.1) is 0 Å². The largest absolute Gasteiger partial charge is 0.629 e. The Bertz CT molecular complexity index is 821. The summed E-state index contributed by atoms with van der Waals surface area (Å²) in [5.41, 5.74) is -1.78. The van der Waals surface area contributed by atoms with Crippen LogP contribution in [0.3, 0.4) is 0 Å². The lowest BCUT2D eigenvalue weighted by atomic mass is 9.77. The van der Waals surface area contributed by atoms with Gasteiger partial charge in [0.05, 0.1) is 19.5 Å². The number of carbonyl (C=O) groups is 4. The summed E-state index contributed by atoms with van der Waals surface area (Å²) >= 11 is 16.8. The lowest BCUT2D eigenvalue weighted by molar-refractivity contribution is -0.151. The number of halogens is 3. The standard InChI is InChI=1S/C13H16BCl3N2O11S/c1-18-5-9(22)28-14(29-10(23)6-18)7(3-2-4-8(20)21)19(13(24)31(25,26)27)30-12(17)11(15)16/h2-3,7,11-12H,4-6H2,1H3,(H,20,21)(H,25,26,27)/b3-2+. The number of likely N-dealkylation sites (N-methyl/N-ethyl adjacent to an activating group) is 1. The number of hydroxylamine groups is 2.